The van der Waals surface area contributed by atoms with Gasteiger partial charge in [-0.2, -0.15) is 0 Å². The molecule has 2 rings (SSSR count). The fourth-order valence-corrected chi connectivity index (χ4v) is 3.23. The minimum Gasteiger partial charge on any atom is -0.391 e. The van der Waals surface area contributed by atoms with Crippen LogP contribution in [0.1, 0.15) is 38.6 Å². The summed E-state index contributed by atoms with van der Waals surface area (Å²) < 4.78 is 1.95. The number of carbonyl (C=O) groups excluding carboxylic acids is 1. The summed E-state index contributed by atoms with van der Waals surface area (Å²) in [6.45, 7) is 8.45. The Kier molecular flexibility index (Phi) is 4.68. The average Bonchev–Trinajstić information content (AvgIpc) is 2.85. The maximum absolute atomic E-state index is 12.0. The van der Waals surface area contributed by atoms with Gasteiger partial charge in [0.05, 0.1) is 18.2 Å². The third-order valence-electron chi connectivity index (χ3n) is 3.13. The van der Waals surface area contributed by atoms with E-state index in [0.29, 0.717) is 19.4 Å². The van der Waals surface area contributed by atoms with E-state index in [1.165, 1.54) is 11.3 Å². The lowest BCUT2D eigenvalue weighted by atomic mass is 9.89. The van der Waals surface area contributed by atoms with Crippen LogP contribution in [0.25, 0.3) is 4.96 Å². The molecule has 2 aromatic heterocycles. The Morgan fingerprint density at radius 2 is 2.24 bits per heavy atom. The number of aliphatic hydroxyl groups excluding tert-OH is 1. The SMILES string of the molecule is Cc1cn2c(CC(=O)NCC(O)CC(C)(C)C)csc2n1. The number of nitrogens with one attached hydrogen (secondary N) is 1. The fraction of sp³-hybridized carbons (Fsp3) is 0.600. The number of rotatable bonds is 5. The van der Waals surface area contributed by atoms with E-state index < -0.39 is 6.10 Å². The molecule has 116 valence electrons. The summed E-state index contributed by atoms with van der Waals surface area (Å²) in [6.07, 6.45) is 2.39. The van der Waals surface area contributed by atoms with Crippen LogP contribution in [0.2, 0.25) is 0 Å². The second-order valence-electron chi connectivity index (χ2n) is 6.66. The van der Waals surface area contributed by atoms with Crippen LogP contribution in [0.15, 0.2) is 11.6 Å². The Labute approximate surface area is 129 Å². The van der Waals surface area contributed by atoms with Gasteiger partial charge in [-0.05, 0) is 18.8 Å². The molecule has 0 saturated heterocycles. The number of hydrogen-bond donors (Lipinski definition) is 2. The minimum atomic E-state index is -0.507. The summed E-state index contributed by atoms with van der Waals surface area (Å²) in [6, 6.07) is 0. The maximum Gasteiger partial charge on any atom is 0.226 e. The van der Waals surface area contributed by atoms with Crippen LogP contribution in [0.3, 0.4) is 0 Å². The summed E-state index contributed by atoms with van der Waals surface area (Å²) >= 11 is 1.53. The van der Waals surface area contributed by atoms with E-state index in [2.05, 4.69) is 31.1 Å². The monoisotopic (exact) mass is 309 g/mol. The number of carbonyl (C=O) groups is 1. The van der Waals surface area contributed by atoms with E-state index in [1.54, 1.807) is 0 Å². The van der Waals surface area contributed by atoms with Gasteiger partial charge in [-0.15, -0.1) is 11.3 Å². The topological polar surface area (TPSA) is 66.6 Å². The van der Waals surface area contributed by atoms with Crippen LogP contribution in [-0.2, 0) is 11.2 Å². The van der Waals surface area contributed by atoms with Crippen molar-refractivity contribution in [1.82, 2.24) is 14.7 Å². The van der Waals surface area contributed by atoms with E-state index in [9.17, 15) is 9.90 Å². The van der Waals surface area contributed by atoms with Gasteiger partial charge < -0.3 is 10.4 Å². The van der Waals surface area contributed by atoms with E-state index in [4.69, 9.17) is 0 Å². The number of aromatic nitrogens is 2. The van der Waals surface area contributed by atoms with E-state index in [1.807, 2.05) is 22.9 Å². The molecule has 0 aromatic carbocycles. The van der Waals surface area contributed by atoms with E-state index in [0.717, 1.165) is 16.3 Å². The van der Waals surface area contributed by atoms with Crippen molar-refractivity contribution in [3.63, 3.8) is 0 Å². The lowest BCUT2D eigenvalue weighted by Crippen LogP contribution is -2.35. The van der Waals surface area contributed by atoms with Gasteiger partial charge in [-0.3, -0.25) is 9.20 Å². The lowest BCUT2D eigenvalue weighted by molar-refractivity contribution is -0.121. The number of hydrogen-bond acceptors (Lipinski definition) is 4. The number of imidazole rings is 1. The van der Waals surface area contributed by atoms with Crippen molar-refractivity contribution in [1.29, 1.82) is 0 Å². The first-order chi connectivity index (χ1) is 9.74. The first-order valence-electron chi connectivity index (χ1n) is 7.11. The predicted molar refractivity (Wildman–Crippen MR) is 84.6 cm³/mol. The van der Waals surface area contributed by atoms with Crippen molar-refractivity contribution < 1.29 is 9.90 Å². The van der Waals surface area contributed by atoms with Crippen molar-refractivity contribution in [3.8, 4) is 0 Å². The molecule has 0 aliphatic heterocycles. The number of fused-ring (bicyclic) bond motifs is 1. The minimum absolute atomic E-state index is 0.0536. The lowest BCUT2D eigenvalue weighted by Gasteiger charge is -2.22. The molecule has 0 aliphatic rings. The van der Waals surface area contributed by atoms with E-state index >= 15 is 0 Å². The zero-order valence-electron chi connectivity index (χ0n) is 13.0. The molecule has 0 bridgehead atoms. The summed E-state index contributed by atoms with van der Waals surface area (Å²) in [4.78, 5) is 17.3. The fourth-order valence-electron chi connectivity index (χ4n) is 2.31. The Morgan fingerprint density at radius 1 is 1.52 bits per heavy atom. The highest BCUT2D eigenvalue weighted by molar-refractivity contribution is 7.15. The first kappa shape index (κ1) is 16.0. The van der Waals surface area contributed by atoms with Gasteiger partial charge >= 0.3 is 0 Å². The van der Waals surface area contributed by atoms with Crippen molar-refractivity contribution in [2.75, 3.05) is 6.54 Å². The molecule has 2 N–H and O–H groups in total. The van der Waals surface area contributed by atoms with Gasteiger partial charge in [0, 0.05) is 23.8 Å². The summed E-state index contributed by atoms with van der Waals surface area (Å²) in [5, 5.41) is 14.7. The Balaban J connectivity index is 1.87. The van der Waals surface area contributed by atoms with Crippen LogP contribution >= 0.6 is 11.3 Å². The molecule has 1 atom stereocenters. The molecular formula is C15H23N3O2S. The van der Waals surface area contributed by atoms with Gasteiger partial charge in [-0.25, -0.2) is 4.98 Å². The normalized spacial score (nSPS) is 13.6. The van der Waals surface area contributed by atoms with Gasteiger partial charge in [0.25, 0.3) is 0 Å². The van der Waals surface area contributed by atoms with Crippen LogP contribution < -0.4 is 5.32 Å². The van der Waals surface area contributed by atoms with Crippen molar-refractivity contribution in [2.24, 2.45) is 5.41 Å². The molecular weight excluding hydrogens is 286 g/mol. The third kappa shape index (κ3) is 4.54. The zero-order chi connectivity index (χ0) is 15.6. The highest BCUT2D eigenvalue weighted by Crippen LogP contribution is 2.20. The van der Waals surface area contributed by atoms with Crippen LogP contribution in [-0.4, -0.2) is 33.0 Å². The quantitative estimate of drug-likeness (QED) is 0.889. The molecule has 0 saturated carbocycles. The van der Waals surface area contributed by atoms with Gasteiger partial charge in [0.2, 0.25) is 5.91 Å². The molecule has 6 heteroatoms. The molecule has 2 aromatic rings. The Hall–Kier alpha value is -1.40. The van der Waals surface area contributed by atoms with E-state index in [-0.39, 0.29) is 11.3 Å². The number of thiazole rings is 1. The second kappa shape index (κ2) is 6.15. The zero-order valence-corrected chi connectivity index (χ0v) is 13.8. The molecule has 21 heavy (non-hydrogen) atoms. The van der Waals surface area contributed by atoms with Crippen LogP contribution in [0.4, 0.5) is 0 Å². The molecule has 0 spiro atoms. The summed E-state index contributed by atoms with van der Waals surface area (Å²) in [5.74, 6) is -0.0750. The van der Waals surface area contributed by atoms with Gasteiger partial charge in [0.1, 0.15) is 0 Å². The van der Waals surface area contributed by atoms with Crippen LogP contribution in [0, 0.1) is 12.3 Å². The number of aliphatic hydroxyl groups is 1. The van der Waals surface area contributed by atoms with Crippen molar-refractivity contribution in [3.05, 3.63) is 23.0 Å². The first-order valence-corrected chi connectivity index (χ1v) is 7.99. The molecule has 1 amide bonds. The number of amides is 1. The molecule has 5 nitrogen and oxygen atoms in total. The number of nitrogens with zero attached hydrogens (tertiary/aromatic N) is 2. The Morgan fingerprint density at radius 3 is 2.90 bits per heavy atom. The maximum atomic E-state index is 12.0. The van der Waals surface area contributed by atoms with Gasteiger partial charge in [0.15, 0.2) is 4.96 Å². The molecule has 0 aliphatic carbocycles. The van der Waals surface area contributed by atoms with Crippen molar-refractivity contribution in [2.45, 2.75) is 46.6 Å². The summed E-state index contributed by atoms with van der Waals surface area (Å²) in [5.41, 5.74) is 1.93. The smallest absolute Gasteiger partial charge is 0.226 e. The summed E-state index contributed by atoms with van der Waals surface area (Å²) in [7, 11) is 0. The highest BCUT2D eigenvalue weighted by atomic mass is 32.1. The highest BCUT2D eigenvalue weighted by Gasteiger charge is 2.17. The third-order valence-corrected chi connectivity index (χ3v) is 4.02. The van der Waals surface area contributed by atoms with Crippen LogP contribution in [0.5, 0.6) is 0 Å². The van der Waals surface area contributed by atoms with Crippen molar-refractivity contribution >= 4 is 22.2 Å². The largest absolute Gasteiger partial charge is 0.391 e. The second-order valence-corrected chi connectivity index (χ2v) is 7.50. The Bertz CT molecular complexity index is 624. The molecule has 0 radical (unpaired) electrons. The number of aryl methyl sites for hydroxylation is 1. The molecule has 1 unspecified atom stereocenters. The predicted octanol–water partition coefficient (Wildman–Crippen LogP) is 2.16. The molecule has 0 fully saturated rings. The molecule has 2 heterocycles. The average molecular weight is 309 g/mol. The standard InChI is InChI=1S/C15H23N3O2S/c1-10-8-18-11(9-21-14(18)17-10)5-13(20)16-7-12(19)6-15(2,3)4/h8-9,12,19H,5-7H2,1-4H3,(H,16,20). The van der Waals surface area contributed by atoms with Gasteiger partial charge in [-0.1, -0.05) is 20.8 Å².